The largest absolute Gasteiger partial charge is 0.389 e. The van der Waals surface area contributed by atoms with Crippen LogP contribution in [0.2, 0.25) is 0 Å². The topological polar surface area (TPSA) is 85.8 Å². The Balaban J connectivity index is 1.55. The molecule has 1 aromatic heterocycles. The molecule has 1 aliphatic carbocycles. The van der Waals surface area contributed by atoms with Crippen molar-refractivity contribution < 1.29 is 14.7 Å². The lowest BCUT2D eigenvalue weighted by atomic mass is 10.1. The number of carbonyl (C=O) groups excluding carboxylic acids is 2. The highest BCUT2D eigenvalue weighted by molar-refractivity contribution is 5.94. The second-order valence-corrected chi connectivity index (χ2v) is 6.49. The van der Waals surface area contributed by atoms with Crippen LogP contribution in [-0.2, 0) is 4.79 Å². The molecule has 1 aliphatic heterocycles. The molecule has 2 aliphatic rings. The minimum Gasteiger partial charge on any atom is -0.389 e. The zero-order valence-electron chi connectivity index (χ0n) is 13.9. The van der Waals surface area contributed by atoms with Crippen molar-refractivity contribution in [2.24, 2.45) is 0 Å². The third-order valence-corrected chi connectivity index (χ3v) is 5.07. The lowest BCUT2D eigenvalue weighted by Crippen LogP contribution is -2.55. The third-order valence-electron chi connectivity index (χ3n) is 5.07. The molecule has 0 unspecified atom stereocenters. The van der Waals surface area contributed by atoms with Gasteiger partial charge in [-0.3, -0.25) is 19.5 Å². The molecule has 0 spiro atoms. The number of amides is 2. The van der Waals surface area contributed by atoms with Gasteiger partial charge in [-0.05, 0) is 25.0 Å². The molecule has 0 bridgehead atoms. The molecule has 24 heavy (non-hydrogen) atoms. The van der Waals surface area contributed by atoms with Gasteiger partial charge in [-0.25, -0.2) is 0 Å². The van der Waals surface area contributed by atoms with Crippen LogP contribution < -0.4 is 5.32 Å². The number of aromatic nitrogens is 1. The van der Waals surface area contributed by atoms with Crippen LogP contribution in [0.15, 0.2) is 24.5 Å². The van der Waals surface area contributed by atoms with Gasteiger partial charge in [-0.15, -0.1) is 0 Å². The molecule has 130 valence electrons. The van der Waals surface area contributed by atoms with Crippen LogP contribution in [0.1, 0.15) is 30.1 Å². The number of rotatable bonds is 3. The fourth-order valence-electron chi connectivity index (χ4n) is 3.64. The molecule has 1 aromatic rings. The van der Waals surface area contributed by atoms with E-state index < -0.39 is 6.10 Å². The maximum atomic E-state index is 12.2. The van der Waals surface area contributed by atoms with Crippen LogP contribution >= 0.6 is 0 Å². The second kappa shape index (κ2) is 7.27. The van der Waals surface area contributed by atoms with Crippen LogP contribution in [0, 0.1) is 0 Å². The molecule has 1 saturated carbocycles. The number of nitrogens with one attached hydrogen (secondary N) is 1. The summed E-state index contributed by atoms with van der Waals surface area (Å²) in [5, 5.41) is 13.6. The summed E-state index contributed by atoms with van der Waals surface area (Å²) >= 11 is 0. The Kier molecular flexibility index (Phi) is 5.11. The minimum absolute atomic E-state index is 0.0434. The number of piperazine rings is 1. The van der Waals surface area contributed by atoms with Gasteiger partial charge in [-0.2, -0.15) is 0 Å². The fraction of sp³-hybridized carbons (Fsp3) is 0.588. The number of hydrogen-bond donors (Lipinski definition) is 2. The van der Waals surface area contributed by atoms with E-state index in [1.165, 1.54) is 0 Å². The van der Waals surface area contributed by atoms with Gasteiger partial charge in [0, 0.05) is 57.1 Å². The van der Waals surface area contributed by atoms with Crippen molar-refractivity contribution in [3.8, 4) is 0 Å². The molecule has 2 heterocycles. The van der Waals surface area contributed by atoms with Crippen LogP contribution in [0.3, 0.4) is 0 Å². The summed E-state index contributed by atoms with van der Waals surface area (Å²) < 4.78 is 0. The van der Waals surface area contributed by atoms with E-state index in [9.17, 15) is 14.7 Å². The normalized spacial score (nSPS) is 27.9. The molecule has 0 radical (unpaired) electrons. The fourth-order valence-corrected chi connectivity index (χ4v) is 3.64. The maximum Gasteiger partial charge on any atom is 0.251 e. The quantitative estimate of drug-likeness (QED) is 0.805. The van der Waals surface area contributed by atoms with Gasteiger partial charge < -0.3 is 15.3 Å². The van der Waals surface area contributed by atoms with Crippen LogP contribution in [0.25, 0.3) is 0 Å². The number of hydrogen-bond acceptors (Lipinski definition) is 5. The zero-order valence-corrected chi connectivity index (χ0v) is 13.9. The molecule has 3 rings (SSSR count). The Morgan fingerprint density at radius 1 is 1.17 bits per heavy atom. The Morgan fingerprint density at radius 3 is 2.46 bits per heavy atom. The monoisotopic (exact) mass is 332 g/mol. The standard InChI is InChI=1S/C17H24N4O3/c1-12(22)20-8-10-21(11-9-20)15-3-2-14(16(15)23)19-17(24)13-4-6-18-7-5-13/h4-7,14-16,23H,2-3,8-11H2,1H3,(H,19,24)/t14-,15-,16-/m1/s1. The first-order chi connectivity index (χ1) is 11.6. The van der Waals surface area contributed by atoms with Crippen LogP contribution in [0.4, 0.5) is 0 Å². The predicted octanol–water partition coefficient (Wildman–Crippen LogP) is -0.133. The Morgan fingerprint density at radius 2 is 1.83 bits per heavy atom. The molecule has 3 atom stereocenters. The summed E-state index contributed by atoms with van der Waals surface area (Å²) in [4.78, 5) is 31.6. The van der Waals surface area contributed by atoms with Crippen LogP contribution in [0.5, 0.6) is 0 Å². The van der Waals surface area contributed by atoms with Gasteiger partial charge in [-0.1, -0.05) is 0 Å². The summed E-state index contributed by atoms with van der Waals surface area (Å²) in [6, 6.07) is 3.13. The highest BCUT2D eigenvalue weighted by atomic mass is 16.3. The average Bonchev–Trinajstić information content (AvgIpc) is 2.96. The zero-order chi connectivity index (χ0) is 17.1. The Bertz CT molecular complexity index is 587. The average molecular weight is 332 g/mol. The lowest BCUT2D eigenvalue weighted by Gasteiger charge is -2.39. The first-order valence-electron chi connectivity index (χ1n) is 8.45. The van der Waals surface area contributed by atoms with E-state index in [0.717, 1.165) is 25.9 Å². The smallest absolute Gasteiger partial charge is 0.251 e. The van der Waals surface area contributed by atoms with Crippen molar-refractivity contribution >= 4 is 11.8 Å². The number of pyridine rings is 1. The summed E-state index contributed by atoms with van der Waals surface area (Å²) in [5.74, 6) is -0.0763. The van der Waals surface area contributed by atoms with E-state index in [-0.39, 0.29) is 23.9 Å². The van der Waals surface area contributed by atoms with Crippen molar-refractivity contribution in [3.05, 3.63) is 30.1 Å². The summed E-state index contributed by atoms with van der Waals surface area (Å²) in [6.45, 7) is 4.53. The highest BCUT2D eigenvalue weighted by Gasteiger charge is 2.40. The second-order valence-electron chi connectivity index (χ2n) is 6.49. The molecular formula is C17H24N4O3. The first-order valence-corrected chi connectivity index (χ1v) is 8.45. The van der Waals surface area contributed by atoms with Crippen molar-refractivity contribution in [2.75, 3.05) is 26.2 Å². The maximum absolute atomic E-state index is 12.2. The molecule has 2 N–H and O–H groups in total. The van der Waals surface area contributed by atoms with E-state index in [4.69, 9.17) is 0 Å². The number of aliphatic hydroxyl groups excluding tert-OH is 1. The number of nitrogens with zero attached hydrogens (tertiary/aromatic N) is 3. The molecule has 1 saturated heterocycles. The van der Waals surface area contributed by atoms with Crippen LogP contribution in [-0.4, -0.2) is 76.1 Å². The van der Waals surface area contributed by atoms with E-state index in [1.807, 2.05) is 4.90 Å². The first kappa shape index (κ1) is 16.9. The number of carbonyl (C=O) groups is 2. The third kappa shape index (κ3) is 3.57. The van der Waals surface area contributed by atoms with Crippen molar-refractivity contribution in [1.82, 2.24) is 20.1 Å². The van der Waals surface area contributed by atoms with E-state index >= 15 is 0 Å². The molecule has 7 heteroatoms. The Labute approximate surface area is 141 Å². The Hall–Kier alpha value is -1.99. The van der Waals surface area contributed by atoms with E-state index in [2.05, 4.69) is 15.2 Å². The lowest BCUT2D eigenvalue weighted by molar-refractivity contribution is -0.131. The van der Waals surface area contributed by atoms with Gasteiger partial charge in [0.1, 0.15) is 0 Å². The molecular weight excluding hydrogens is 308 g/mol. The van der Waals surface area contributed by atoms with Gasteiger partial charge in [0.05, 0.1) is 12.1 Å². The van der Waals surface area contributed by atoms with Gasteiger partial charge >= 0.3 is 0 Å². The van der Waals surface area contributed by atoms with Gasteiger partial charge in [0.15, 0.2) is 0 Å². The van der Waals surface area contributed by atoms with Crippen molar-refractivity contribution in [2.45, 2.75) is 38.0 Å². The summed E-state index contributed by atoms with van der Waals surface area (Å²) in [5.41, 5.74) is 0.552. The van der Waals surface area contributed by atoms with Crippen molar-refractivity contribution in [1.29, 1.82) is 0 Å². The molecule has 7 nitrogen and oxygen atoms in total. The SMILES string of the molecule is CC(=O)N1CCN([C@@H]2CC[C@@H](NC(=O)c3ccncc3)[C@H]2O)CC1. The van der Waals surface area contributed by atoms with Gasteiger partial charge in [0.25, 0.3) is 5.91 Å². The molecule has 2 fully saturated rings. The number of aliphatic hydroxyl groups is 1. The van der Waals surface area contributed by atoms with E-state index in [0.29, 0.717) is 18.7 Å². The summed E-state index contributed by atoms with van der Waals surface area (Å²) in [7, 11) is 0. The van der Waals surface area contributed by atoms with Crippen molar-refractivity contribution in [3.63, 3.8) is 0 Å². The minimum atomic E-state index is -0.584. The highest BCUT2D eigenvalue weighted by Crippen LogP contribution is 2.26. The van der Waals surface area contributed by atoms with E-state index in [1.54, 1.807) is 31.5 Å². The van der Waals surface area contributed by atoms with Gasteiger partial charge in [0.2, 0.25) is 5.91 Å². The molecule has 2 amide bonds. The molecule has 0 aromatic carbocycles. The summed E-state index contributed by atoms with van der Waals surface area (Å²) in [6.07, 6.45) is 4.19. The predicted molar refractivity (Wildman–Crippen MR) is 88.3 cm³/mol.